The van der Waals surface area contributed by atoms with Gasteiger partial charge < -0.3 is 10.3 Å². The zero-order chi connectivity index (χ0) is 22.2. The number of anilines is 1. The number of para-hydroxylation sites is 2. The molecule has 0 fully saturated rings. The summed E-state index contributed by atoms with van der Waals surface area (Å²) < 4.78 is 0. The molecule has 6 rings (SSSR count). The summed E-state index contributed by atoms with van der Waals surface area (Å²) >= 11 is 0. The maximum atomic E-state index is 12.5. The number of pyridine rings is 2. The molecule has 0 saturated carbocycles. The van der Waals surface area contributed by atoms with Crippen LogP contribution in [0.3, 0.4) is 0 Å². The lowest BCUT2D eigenvalue weighted by Crippen LogP contribution is -2.11. The van der Waals surface area contributed by atoms with Gasteiger partial charge in [0.1, 0.15) is 5.52 Å². The summed E-state index contributed by atoms with van der Waals surface area (Å²) in [4.78, 5) is 29.6. The van der Waals surface area contributed by atoms with Crippen LogP contribution in [0.25, 0.3) is 44.8 Å². The van der Waals surface area contributed by atoms with Crippen molar-refractivity contribution in [2.24, 2.45) is 0 Å². The van der Waals surface area contributed by atoms with Gasteiger partial charge in [0.15, 0.2) is 11.5 Å². The summed E-state index contributed by atoms with van der Waals surface area (Å²) in [6.07, 6.45) is 3.33. The first-order valence-electron chi connectivity index (χ1n) is 10.4. The van der Waals surface area contributed by atoms with Crippen molar-refractivity contribution >= 4 is 33.7 Å². The fraction of sp³-hybridized carbons (Fsp3) is 0. The molecule has 2 aromatic carbocycles. The number of H-pyrrole nitrogens is 2. The van der Waals surface area contributed by atoms with Crippen molar-refractivity contribution in [3.8, 4) is 22.8 Å². The van der Waals surface area contributed by atoms with E-state index in [1.807, 2.05) is 60.7 Å². The van der Waals surface area contributed by atoms with E-state index in [1.54, 1.807) is 24.5 Å². The van der Waals surface area contributed by atoms with E-state index in [4.69, 9.17) is 4.98 Å². The number of carbonyl (C=O) groups excluding carboxylic acids is 1. The number of carbonyl (C=O) groups is 1. The van der Waals surface area contributed by atoms with Gasteiger partial charge in [0.2, 0.25) is 0 Å². The van der Waals surface area contributed by atoms with Crippen LogP contribution in [0, 0.1) is 0 Å². The number of imidazole rings is 1. The van der Waals surface area contributed by atoms with Crippen molar-refractivity contribution in [2.75, 3.05) is 5.32 Å². The molecule has 33 heavy (non-hydrogen) atoms. The van der Waals surface area contributed by atoms with Crippen molar-refractivity contribution in [3.05, 3.63) is 90.8 Å². The van der Waals surface area contributed by atoms with E-state index >= 15 is 0 Å². The molecule has 8 nitrogen and oxygen atoms in total. The minimum Gasteiger partial charge on any atom is -0.337 e. The van der Waals surface area contributed by atoms with E-state index in [2.05, 4.69) is 30.5 Å². The van der Waals surface area contributed by atoms with Gasteiger partial charge in [-0.25, -0.2) is 9.97 Å². The summed E-state index contributed by atoms with van der Waals surface area (Å²) in [5.41, 5.74) is 6.61. The quantitative estimate of drug-likeness (QED) is 0.371. The fourth-order valence-electron chi connectivity index (χ4n) is 3.73. The van der Waals surface area contributed by atoms with Gasteiger partial charge in [-0.3, -0.25) is 14.9 Å². The highest BCUT2D eigenvalue weighted by Crippen LogP contribution is 2.28. The molecule has 0 radical (unpaired) electrons. The van der Waals surface area contributed by atoms with E-state index in [0.717, 1.165) is 22.1 Å². The van der Waals surface area contributed by atoms with Gasteiger partial charge in [-0.1, -0.05) is 30.3 Å². The summed E-state index contributed by atoms with van der Waals surface area (Å²) in [7, 11) is 0. The van der Waals surface area contributed by atoms with Crippen molar-refractivity contribution in [2.45, 2.75) is 0 Å². The molecule has 158 valence electrons. The van der Waals surface area contributed by atoms with Gasteiger partial charge in [-0.15, -0.1) is 0 Å². The average Bonchev–Trinajstić information content (AvgIpc) is 3.48. The lowest BCUT2D eigenvalue weighted by molar-refractivity contribution is 0.102. The number of fused-ring (bicyclic) bond motifs is 2. The summed E-state index contributed by atoms with van der Waals surface area (Å²) in [5, 5.41) is 10.3. The first-order chi connectivity index (χ1) is 16.2. The third kappa shape index (κ3) is 3.49. The van der Waals surface area contributed by atoms with Crippen molar-refractivity contribution < 1.29 is 4.79 Å². The zero-order valence-electron chi connectivity index (χ0n) is 17.3. The highest BCUT2D eigenvalue weighted by Gasteiger charge is 2.15. The van der Waals surface area contributed by atoms with Crippen molar-refractivity contribution in [3.63, 3.8) is 0 Å². The third-order valence-electron chi connectivity index (χ3n) is 5.35. The molecule has 4 heterocycles. The lowest BCUT2D eigenvalue weighted by atomic mass is 10.1. The van der Waals surface area contributed by atoms with Crippen LogP contribution in [0.15, 0.2) is 85.2 Å². The first-order valence-corrected chi connectivity index (χ1v) is 10.4. The van der Waals surface area contributed by atoms with Gasteiger partial charge in [0, 0.05) is 17.3 Å². The SMILES string of the molecule is O=C(Nc1cncc(-c2ccc3[nH]nc(-c4nc5ccccc5[nH]4)c3n2)c1)c1ccccc1. The number of nitrogens with one attached hydrogen (secondary N) is 3. The van der Waals surface area contributed by atoms with Gasteiger partial charge in [-0.2, -0.15) is 5.10 Å². The van der Waals surface area contributed by atoms with E-state index < -0.39 is 0 Å². The maximum Gasteiger partial charge on any atom is 0.255 e. The van der Waals surface area contributed by atoms with Crippen molar-refractivity contribution in [1.29, 1.82) is 0 Å². The molecule has 3 N–H and O–H groups in total. The van der Waals surface area contributed by atoms with Gasteiger partial charge in [-0.05, 0) is 42.5 Å². The minimum absolute atomic E-state index is 0.194. The second-order valence-corrected chi connectivity index (χ2v) is 7.55. The highest BCUT2D eigenvalue weighted by molar-refractivity contribution is 6.04. The first kappa shape index (κ1) is 18.9. The minimum atomic E-state index is -0.194. The van der Waals surface area contributed by atoms with Crippen LogP contribution in [0.4, 0.5) is 5.69 Å². The van der Waals surface area contributed by atoms with Gasteiger partial charge in [0.25, 0.3) is 5.91 Å². The average molecular weight is 431 g/mol. The van der Waals surface area contributed by atoms with E-state index in [0.29, 0.717) is 34.0 Å². The predicted octanol–water partition coefficient (Wildman–Crippen LogP) is 4.82. The van der Waals surface area contributed by atoms with Crippen LogP contribution in [0.2, 0.25) is 0 Å². The molecule has 0 aliphatic rings. The third-order valence-corrected chi connectivity index (χ3v) is 5.35. The van der Waals surface area contributed by atoms with Crippen molar-refractivity contribution in [1.82, 2.24) is 30.1 Å². The molecule has 0 saturated heterocycles. The van der Waals surface area contributed by atoms with Crippen LogP contribution in [-0.2, 0) is 0 Å². The fourth-order valence-corrected chi connectivity index (χ4v) is 3.73. The number of nitrogens with zero attached hydrogens (tertiary/aromatic N) is 4. The van der Waals surface area contributed by atoms with E-state index in [-0.39, 0.29) is 5.91 Å². The number of amides is 1. The summed E-state index contributed by atoms with van der Waals surface area (Å²) in [6.45, 7) is 0. The Hall–Kier alpha value is -4.85. The molecular weight excluding hydrogens is 414 g/mol. The Kier molecular flexibility index (Phi) is 4.40. The molecule has 6 aromatic rings. The normalized spacial score (nSPS) is 11.2. The molecule has 0 aliphatic heterocycles. The number of rotatable bonds is 4. The van der Waals surface area contributed by atoms with E-state index in [1.165, 1.54) is 0 Å². The zero-order valence-corrected chi connectivity index (χ0v) is 17.3. The van der Waals surface area contributed by atoms with E-state index in [9.17, 15) is 4.79 Å². The lowest BCUT2D eigenvalue weighted by Gasteiger charge is -2.07. The van der Waals surface area contributed by atoms with Crippen LogP contribution in [0.1, 0.15) is 10.4 Å². The van der Waals surface area contributed by atoms with Gasteiger partial charge in [0.05, 0.1) is 34.1 Å². The number of aromatic amines is 2. The molecule has 0 spiro atoms. The number of benzene rings is 2. The van der Waals surface area contributed by atoms with Crippen LogP contribution in [0.5, 0.6) is 0 Å². The Balaban J connectivity index is 1.36. The van der Waals surface area contributed by atoms with Crippen LogP contribution in [-0.4, -0.2) is 36.0 Å². The maximum absolute atomic E-state index is 12.5. The van der Waals surface area contributed by atoms with Gasteiger partial charge >= 0.3 is 0 Å². The Morgan fingerprint density at radius 1 is 0.848 bits per heavy atom. The molecule has 0 unspecified atom stereocenters. The smallest absolute Gasteiger partial charge is 0.255 e. The number of hydrogen-bond acceptors (Lipinski definition) is 5. The number of hydrogen-bond donors (Lipinski definition) is 3. The molecular formula is C25H17N7O. The molecule has 0 atom stereocenters. The Morgan fingerprint density at radius 3 is 2.58 bits per heavy atom. The topological polar surface area (TPSA) is 112 Å². The summed E-state index contributed by atoms with van der Waals surface area (Å²) in [6, 6.07) is 22.5. The second kappa shape index (κ2) is 7.69. The molecule has 4 aromatic heterocycles. The second-order valence-electron chi connectivity index (χ2n) is 7.55. The Labute approximate surface area is 187 Å². The summed E-state index contributed by atoms with van der Waals surface area (Å²) in [5.74, 6) is 0.453. The standard InChI is InChI=1S/C25H17N7O/c33-25(15-6-2-1-3-7-15)27-17-12-16(13-26-14-17)18-10-11-21-22(28-18)23(32-31-21)24-29-19-8-4-5-9-20(19)30-24/h1-14H,(H,27,33)(H,29,30)(H,31,32). The van der Waals surface area contributed by atoms with Crippen LogP contribution < -0.4 is 5.32 Å². The Bertz CT molecular complexity index is 1590. The van der Waals surface area contributed by atoms with Crippen LogP contribution >= 0.6 is 0 Å². The highest BCUT2D eigenvalue weighted by atomic mass is 16.1. The monoisotopic (exact) mass is 431 g/mol. The largest absolute Gasteiger partial charge is 0.337 e. The predicted molar refractivity (Wildman–Crippen MR) is 127 cm³/mol. The molecule has 0 bridgehead atoms. The molecule has 1 amide bonds. The number of aromatic nitrogens is 6. The molecule has 8 heteroatoms. The Morgan fingerprint density at radius 2 is 1.70 bits per heavy atom. The molecule has 0 aliphatic carbocycles.